The smallest absolute Gasteiger partial charge is 0.305 e. The summed E-state index contributed by atoms with van der Waals surface area (Å²) in [4.78, 5) is 20.4. The predicted molar refractivity (Wildman–Crippen MR) is 52.7 cm³/mol. The highest BCUT2D eigenvalue weighted by Crippen LogP contribution is 2.01. The van der Waals surface area contributed by atoms with Crippen LogP contribution in [0.5, 0.6) is 0 Å². The van der Waals surface area contributed by atoms with Gasteiger partial charge in [-0.25, -0.2) is 9.78 Å². The van der Waals surface area contributed by atoms with Crippen molar-refractivity contribution in [1.82, 2.24) is 0 Å². The van der Waals surface area contributed by atoms with Crippen molar-refractivity contribution in [3.63, 3.8) is 0 Å². The van der Waals surface area contributed by atoms with E-state index in [1.165, 1.54) is 0 Å². The minimum atomic E-state index is -0.113. The topological polar surface area (TPSA) is 44.8 Å². The predicted octanol–water partition coefficient (Wildman–Crippen LogP) is 2.08. The molecule has 14 heavy (non-hydrogen) atoms. The lowest BCUT2D eigenvalue weighted by Gasteiger charge is -2.02. The van der Waals surface area contributed by atoms with Crippen LogP contribution >= 0.6 is 0 Å². The maximum Gasteiger partial charge on any atom is 0.305 e. The van der Waals surface area contributed by atoms with E-state index >= 15 is 0 Å². The molecule has 0 aliphatic rings. The van der Waals surface area contributed by atoms with Crippen molar-refractivity contribution in [2.75, 3.05) is 19.8 Å². The zero-order chi connectivity index (χ0) is 10.6. The molecule has 4 heteroatoms. The van der Waals surface area contributed by atoms with E-state index in [-0.39, 0.29) is 5.97 Å². The molecule has 0 amide bonds. The number of rotatable bonds is 9. The Hall–Kier alpha value is -0.610. The molecule has 0 aliphatic heterocycles. The average molecular weight is 204 g/mol. The van der Waals surface area contributed by atoms with Crippen molar-refractivity contribution in [1.29, 1.82) is 0 Å². The SMILES string of the molecule is CCOOCCCCCC(=O)OCC. The summed E-state index contributed by atoms with van der Waals surface area (Å²) >= 11 is 0. The summed E-state index contributed by atoms with van der Waals surface area (Å²) in [6.45, 7) is 5.32. The van der Waals surface area contributed by atoms with Crippen LogP contribution in [0.15, 0.2) is 0 Å². The normalized spacial score (nSPS) is 10.1. The third kappa shape index (κ3) is 9.48. The summed E-state index contributed by atoms with van der Waals surface area (Å²) < 4.78 is 4.79. The van der Waals surface area contributed by atoms with Crippen molar-refractivity contribution in [3.05, 3.63) is 0 Å². The van der Waals surface area contributed by atoms with E-state index in [4.69, 9.17) is 14.5 Å². The van der Waals surface area contributed by atoms with Crippen molar-refractivity contribution in [3.8, 4) is 0 Å². The summed E-state index contributed by atoms with van der Waals surface area (Å²) in [5, 5.41) is 0. The Labute approximate surface area is 85.5 Å². The lowest BCUT2D eigenvalue weighted by atomic mass is 10.2. The molecule has 0 atom stereocenters. The van der Waals surface area contributed by atoms with Crippen LogP contribution in [0.3, 0.4) is 0 Å². The first-order chi connectivity index (χ1) is 6.81. The van der Waals surface area contributed by atoms with Gasteiger partial charge in [-0.2, -0.15) is 0 Å². The second kappa shape index (κ2) is 10.5. The molecule has 0 saturated heterocycles. The van der Waals surface area contributed by atoms with Gasteiger partial charge >= 0.3 is 5.97 Å². The molecular formula is C10H20O4. The van der Waals surface area contributed by atoms with Gasteiger partial charge in [0.1, 0.15) is 0 Å². The van der Waals surface area contributed by atoms with Crippen molar-refractivity contribution < 1.29 is 19.3 Å². The molecule has 84 valence electrons. The Balaban J connectivity index is 3.01. The molecule has 0 bridgehead atoms. The van der Waals surface area contributed by atoms with Gasteiger partial charge in [-0.15, -0.1) is 0 Å². The van der Waals surface area contributed by atoms with Crippen LogP contribution in [0.2, 0.25) is 0 Å². The summed E-state index contributed by atoms with van der Waals surface area (Å²) in [5.41, 5.74) is 0. The third-order valence-electron chi connectivity index (χ3n) is 1.62. The van der Waals surface area contributed by atoms with Crippen LogP contribution in [0.1, 0.15) is 39.5 Å². The lowest BCUT2D eigenvalue weighted by molar-refractivity contribution is -0.291. The van der Waals surface area contributed by atoms with Crippen molar-refractivity contribution in [2.45, 2.75) is 39.5 Å². The van der Waals surface area contributed by atoms with Gasteiger partial charge in [-0.1, -0.05) is 6.42 Å². The molecule has 0 fully saturated rings. The van der Waals surface area contributed by atoms with Crippen molar-refractivity contribution >= 4 is 5.97 Å². The second-order valence-corrected chi connectivity index (χ2v) is 2.84. The van der Waals surface area contributed by atoms with Crippen LogP contribution in [0.25, 0.3) is 0 Å². The molecule has 0 radical (unpaired) electrons. The Morgan fingerprint density at radius 2 is 1.79 bits per heavy atom. The van der Waals surface area contributed by atoms with E-state index in [1.54, 1.807) is 0 Å². The molecule has 0 aromatic rings. The maximum atomic E-state index is 10.9. The number of unbranched alkanes of at least 4 members (excludes halogenated alkanes) is 2. The molecular weight excluding hydrogens is 184 g/mol. The number of ether oxygens (including phenoxy) is 1. The van der Waals surface area contributed by atoms with E-state index in [9.17, 15) is 4.79 Å². The fraction of sp³-hybridized carbons (Fsp3) is 0.900. The van der Waals surface area contributed by atoms with Gasteiger partial charge in [-0.3, -0.25) is 4.79 Å². The van der Waals surface area contributed by atoms with E-state index < -0.39 is 0 Å². The van der Waals surface area contributed by atoms with Gasteiger partial charge in [0.05, 0.1) is 19.8 Å². The van der Waals surface area contributed by atoms with Gasteiger partial charge in [0.15, 0.2) is 0 Å². The van der Waals surface area contributed by atoms with E-state index in [0.717, 1.165) is 19.3 Å². The quantitative estimate of drug-likeness (QED) is 0.249. The largest absolute Gasteiger partial charge is 0.466 e. The van der Waals surface area contributed by atoms with Gasteiger partial charge in [-0.05, 0) is 26.7 Å². The fourth-order valence-electron chi connectivity index (χ4n) is 0.983. The Morgan fingerprint density at radius 3 is 2.43 bits per heavy atom. The highest BCUT2D eigenvalue weighted by Gasteiger charge is 2.00. The maximum absolute atomic E-state index is 10.9. The second-order valence-electron chi connectivity index (χ2n) is 2.84. The van der Waals surface area contributed by atoms with Crippen LogP contribution in [-0.2, 0) is 19.3 Å². The molecule has 4 nitrogen and oxygen atoms in total. The molecule has 0 saturated carbocycles. The zero-order valence-electron chi connectivity index (χ0n) is 9.08. The molecule has 0 rings (SSSR count). The average Bonchev–Trinajstić information content (AvgIpc) is 2.17. The summed E-state index contributed by atoms with van der Waals surface area (Å²) in [6, 6.07) is 0. The minimum Gasteiger partial charge on any atom is -0.466 e. The van der Waals surface area contributed by atoms with E-state index in [2.05, 4.69) is 0 Å². The Kier molecular flexibility index (Phi) is 10.0. The summed E-state index contributed by atoms with van der Waals surface area (Å²) in [5.74, 6) is -0.113. The molecule has 0 heterocycles. The van der Waals surface area contributed by atoms with Crippen LogP contribution in [0, 0.1) is 0 Å². The summed E-state index contributed by atoms with van der Waals surface area (Å²) in [6.07, 6.45) is 3.24. The highest BCUT2D eigenvalue weighted by molar-refractivity contribution is 5.69. The third-order valence-corrected chi connectivity index (χ3v) is 1.62. The minimum absolute atomic E-state index is 0.113. The molecule has 0 spiro atoms. The zero-order valence-corrected chi connectivity index (χ0v) is 9.08. The first-order valence-electron chi connectivity index (χ1n) is 5.21. The standard InChI is InChI=1S/C10H20O4/c1-3-12-10(11)8-6-5-7-9-14-13-4-2/h3-9H2,1-2H3. The highest BCUT2D eigenvalue weighted by atomic mass is 17.2. The first kappa shape index (κ1) is 13.4. The lowest BCUT2D eigenvalue weighted by Crippen LogP contribution is -2.03. The fourth-order valence-corrected chi connectivity index (χ4v) is 0.983. The van der Waals surface area contributed by atoms with Gasteiger partial charge in [0, 0.05) is 6.42 Å². The van der Waals surface area contributed by atoms with Crippen LogP contribution in [-0.4, -0.2) is 25.8 Å². The van der Waals surface area contributed by atoms with Gasteiger partial charge in [0.2, 0.25) is 0 Å². The molecule has 0 aromatic carbocycles. The molecule has 0 aliphatic carbocycles. The van der Waals surface area contributed by atoms with Crippen LogP contribution < -0.4 is 0 Å². The van der Waals surface area contributed by atoms with Gasteiger partial charge in [0.25, 0.3) is 0 Å². The number of carbonyl (C=O) groups excluding carboxylic acids is 1. The summed E-state index contributed by atoms with van der Waals surface area (Å²) in [7, 11) is 0. The molecule has 0 N–H and O–H groups in total. The number of esters is 1. The Morgan fingerprint density at radius 1 is 1.00 bits per heavy atom. The first-order valence-corrected chi connectivity index (χ1v) is 5.21. The Bertz CT molecular complexity index is 136. The monoisotopic (exact) mass is 204 g/mol. The van der Waals surface area contributed by atoms with E-state index in [0.29, 0.717) is 26.2 Å². The van der Waals surface area contributed by atoms with Gasteiger partial charge < -0.3 is 4.74 Å². The van der Waals surface area contributed by atoms with E-state index in [1.807, 2.05) is 13.8 Å². The van der Waals surface area contributed by atoms with Crippen LogP contribution in [0.4, 0.5) is 0 Å². The molecule has 0 unspecified atom stereocenters. The number of hydrogen-bond donors (Lipinski definition) is 0. The molecule has 0 aromatic heterocycles. The number of carbonyl (C=O) groups is 1. The van der Waals surface area contributed by atoms with Crippen molar-refractivity contribution in [2.24, 2.45) is 0 Å². The number of hydrogen-bond acceptors (Lipinski definition) is 4.